The smallest absolute Gasteiger partial charge is 0.318 e. The second kappa shape index (κ2) is 9.44. The van der Waals surface area contributed by atoms with E-state index < -0.39 is 6.04 Å². The number of hydrogen-bond acceptors (Lipinski definition) is 2. The highest BCUT2D eigenvalue weighted by Crippen LogP contribution is 2.20. The number of fused-ring (bicyclic) bond motifs is 1. The van der Waals surface area contributed by atoms with Crippen LogP contribution in [0.1, 0.15) is 24.0 Å². The van der Waals surface area contributed by atoms with Crippen LogP contribution in [0.4, 0.5) is 4.79 Å². The number of benzene rings is 3. The largest absolute Gasteiger partial charge is 0.354 e. The second-order valence-electron chi connectivity index (χ2n) is 7.68. The van der Waals surface area contributed by atoms with Gasteiger partial charge in [0.1, 0.15) is 6.04 Å². The minimum Gasteiger partial charge on any atom is -0.354 e. The summed E-state index contributed by atoms with van der Waals surface area (Å²) in [5.74, 6) is -0.0660. The molecule has 2 N–H and O–H groups in total. The van der Waals surface area contributed by atoms with Gasteiger partial charge in [-0.15, -0.1) is 0 Å². The van der Waals surface area contributed by atoms with Gasteiger partial charge in [-0.3, -0.25) is 4.79 Å². The molecule has 4 rings (SSSR count). The molecule has 0 unspecified atom stereocenters. The molecule has 1 aliphatic rings. The van der Waals surface area contributed by atoms with Crippen molar-refractivity contribution in [3.63, 3.8) is 0 Å². The van der Waals surface area contributed by atoms with Gasteiger partial charge >= 0.3 is 6.03 Å². The molecule has 5 heteroatoms. The monoisotopic (exact) mass is 401 g/mol. The predicted octanol–water partition coefficient (Wildman–Crippen LogP) is 3.87. The highest BCUT2D eigenvalue weighted by atomic mass is 16.2. The van der Waals surface area contributed by atoms with Crippen LogP contribution >= 0.6 is 0 Å². The van der Waals surface area contributed by atoms with Crippen molar-refractivity contribution in [2.24, 2.45) is 0 Å². The Morgan fingerprint density at radius 1 is 0.900 bits per heavy atom. The van der Waals surface area contributed by atoms with Gasteiger partial charge in [-0.25, -0.2) is 4.79 Å². The first-order valence-corrected chi connectivity index (χ1v) is 10.5. The molecule has 154 valence electrons. The number of rotatable bonds is 6. The molecule has 3 aromatic carbocycles. The maximum atomic E-state index is 12.8. The lowest BCUT2D eigenvalue weighted by atomic mass is 10.0. The van der Waals surface area contributed by atoms with E-state index in [0.29, 0.717) is 26.1 Å². The average Bonchev–Trinajstić information content (AvgIpc) is 3.28. The molecular formula is C25H27N3O2. The molecule has 1 aliphatic heterocycles. The molecule has 0 aromatic heterocycles. The van der Waals surface area contributed by atoms with Crippen LogP contribution in [-0.4, -0.2) is 36.0 Å². The van der Waals surface area contributed by atoms with Crippen LogP contribution in [0.2, 0.25) is 0 Å². The molecule has 1 atom stereocenters. The lowest BCUT2D eigenvalue weighted by Crippen LogP contribution is -2.49. The number of amides is 3. The zero-order valence-corrected chi connectivity index (χ0v) is 17.0. The molecule has 0 aliphatic carbocycles. The Morgan fingerprint density at radius 2 is 1.67 bits per heavy atom. The normalized spacial score (nSPS) is 15.9. The molecule has 5 nitrogen and oxygen atoms in total. The summed E-state index contributed by atoms with van der Waals surface area (Å²) in [4.78, 5) is 27.1. The first kappa shape index (κ1) is 20.0. The van der Waals surface area contributed by atoms with E-state index in [1.54, 1.807) is 4.90 Å². The van der Waals surface area contributed by atoms with Gasteiger partial charge in [-0.2, -0.15) is 0 Å². The van der Waals surface area contributed by atoms with Crippen LogP contribution in [0.5, 0.6) is 0 Å². The minimum atomic E-state index is -0.395. The molecular weight excluding hydrogens is 374 g/mol. The first-order valence-electron chi connectivity index (χ1n) is 10.5. The molecule has 0 spiro atoms. The van der Waals surface area contributed by atoms with Gasteiger partial charge in [0.15, 0.2) is 0 Å². The Bertz CT molecular complexity index is 1010. The SMILES string of the molecule is O=C(NCCc1ccccc1)[C@@H]1CCCN1C(=O)NCc1cccc2ccccc12. The van der Waals surface area contributed by atoms with E-state index in [9.17, 15) is 9.59 Å². The summed E-state index contributed by atoms with van der Waals surface area (Å²) in [6.07, 6.45) is 2.34. The van der Waals surface area contributed by atoms with Gasteiger partial charge in [-0.1, -0.05) is 72.8 Å². The Hall–Kier alpha value is -3.34. The van der Waals surface area contributed by atoms with Gasteiger partial charge in [0.2, 0.25) is 5.91 Å². The number of nitrogens with one attached hydrogen (secondary N) is 2. The molecule has 30 heavy (non-hydrogen) atoms. The maximum absolute atomic E-state index is 12.8. The lowest BCUT2D eigenvalue weighted by molar-refractivity contribution is -0.124. The fraction of sp³-hybridized carbons (Fsp3) is 0.280. The Labute approximate surface area is 177 Å². The molecule has 0 saturated carbocycles. The number of carbonyl (C=O) groups excluding carboxylic acids is 2. The minimum absolute atomic E-state index is 0.0660. The van der Waals surface area contributed by atoms with Gasteiger partial charge in [0.05, 0.1) is 0 Å². The van der Waals surface area contributed by atoms with Gasteiger partial charge in [-0.05, 0) is 41.2 Å². The van der Waals surface area contributed by atoms with E-state index >= 15 is 0 Å². The maximum Gasteiger partial charge on any atom is 0.318 e. The van der Waals surface area contributed by atoms with Crippen LogP contribution in [-0.2, 0) is 17.8 Å². The predicted molar refractivity (Wildman–Crippen MR) is 119 cm³/mol. The van der Waals surface area contributed by atoms with Crippen molar-refractivity contribution >= 4 is 22.7 Å². The fourth-order valence-electron chi connectivity index (χ4n) is 4.09. The summed E-state index contributed by atoms with van der Waals surface area (Å²) in [6.45, 7) is 1.63. The lowest BCUT2D eigenvalue weighted by Gasteiger charge is -2.24. The van der Waals surface area contributed by atoms with Crippen LogP contribution in [0.3, 0.4) is 0 Å². The number of nitrogens with zero attached hydrogens (tertiary/aromatic N) is 1. The molecule has 0 radical (unpaired) electrons. The van der Waals surface area contributed by atoms with E-state index in [1.807, 2.05) is 42.5 Å². The molecule has 1 fully saturated rings. The molecule has 1 heterocycles. The second-order valence-corrected chi connectivity index (χ2v) is 7.68. The highest BCUT2D eigenvalue weighted by molar-refractivity contribution is 5.88. The van der Waals surface area contributed by atoms with Crippen LogP contribution in [0, 0.1) is 0 Å². The summed E-state index contributed by atoms with van der Waals surface area (Å²) in [7, 11) is 0. The summed E-state index contributed by atoms with van der Waals surface area (Å²) < 4.78 is 0. The van der Waals surface area contributed by atoms with Gasteiger partial charge < -0.3 is 15.5 Å². The summed E-state index contributed by atoms with van der Waals surface area (Å²) >= 11 is 0. The zero-order valence-electron chi connectivity index (χ0n) is 17.0. The molecule has 3 aromatic rings. The van der Waals surface area contributed by atoms with Gasteiger partial charge in [0.25, 0.3) is 0 Å². The number of urea groups is 1. The van der Waals surface area contributed by atoms with Crippen molar-refractivity contribution in [1.82, 2.24) is 15.5 Å². The number of likely N-dealkylation sites (tertiary alicyclic amines) is 1. The fourth-order valence-corrected chi connectivity index (χ4v) is 4.09. The van der Waals surface area contributed by atoms with Crippen molar-refractivity contribution < 1.29 is 9.59 Å². The van der Waals surface area contributed by atoms with Crippen molar-refractivity contribution in [2.45, 2.75) is 31.8 Å². The van der Waals surface area contributed by atoms with Crippen molar-refractivity contribution in [3.05, 3.63) is 83.9 Å². The third kappa shape index (κ3) is 4.62. The van der Waals surface area contributed by atoms with E-state index in [-0.39, 0.29) is 11.9 Å². The number of hydrogen-bond donors (Lipinski definition) is 2. The Kier molecular flexibility index (Phi) is 6.28. The Morgan fingerprint density at radius 3 is 2.53 bits per heavy atom. The average molecular weight is 402 g/mol. The van der Waals surface area contributed by atoms with E-state index in [0.717, 1.165) is 29.2 Å². The summed E-state index contributed by atoms with van der Waals surface area (Å²) in [5.41, 5.74) is 2.26. The molecule has 1 saturated heterocycles. The van der Waals surface area contributed by atoms with Crippen LogP contribution in [0.15, 0.2) is 72.8 Å². The highest BCUT2D eigenvalue weighted by Gasteiger charge is 2.33. The number of carbonyl (C=O) groups is 2. The quantitative estimate of drug-likeness (QED) is 0.659. The van der Waals surface area contributed by atoms with Crippen molar-refractivity contribution in [3.8, 4) is 0 Å². The van der Waals surface area contributed by atoms with Crippen LogP contribution in [0.25, 0.3) is 10.8 Å². The first-order chi connectivity index (χ1) is 14.7. The van der Waals surface area contributed by atoms with E-state index in [2.05, 4.69) is 41.0 Å². The van der Waals surface area contributed by atoms with Crippen molar-refractivity contribution in [2.75, 3.05) is 13.1 Å². The van der Waals surface area contributed by atoms with Crippen LogP contribution < -0.4 is 10.6 Å². The Balaban J connectivity index is 1.32. The molecule has 0 bridgehead atoms. The topological polar surface area (TPSA) is 61.4 Å². The standard InChI is InChI=1S/C25H27N3O2/c29-24(26-16-15-19-8-2-1-3-9-19)23-14-7-17-28(23)25(30)27-18-21-12-6-11-20-10-4-5-13-22(20)21/h1-6,8-13,23H,7,14-18H2,(H,26,29)(H,27,30)/t23-/m0/s1. The summed E-state index contributed by atoms with van der Waals surface area (Å²) in [6, 6.07) is 23.7. The van der Waals surface area contributed by atoms with E-state index in [1.165, 1.54) is 5.56 Å². The summed E-state index contributed by atoms with van der Waals surface area (Å²) in [5, 5.41) is 8.29. The molecule has 3 amide bonds. The zero-order chi connectivity index (χ0) is 20.8. The van der Waals surface area contributed by atoms with Crippen molar-refractivity contribution in [1.29, 1.82) is 0 Å². The van der Waals surface area contributed by atoms with E-state index in [4.69, 9.17) is 0 Å². The third-order valence-electron chi connectivity index (χ3n) is 5.68. The van der Waals surface area contributed by atoms with Gasteiger partial charge in [0, 0.05) is 19.6 Å². The third-order valence-corrected chi connectivity index (χ3v) is 5.68.